The Morgan fingerprint density at radius 2 is 1.47 bits per heavy atom. The summed E-state index contributed by atoms with van der Waals surface area (Å²) in [5, 5.41) is 2.97. The molecule has 0 aliphatic carbocycles. The van der Waals surface area contributed by atoms with E-state index < -0.39 is 0 Å². The molecule has 3 heteroatoms. The lowest BCUT2D eigenvalue weighted by molar-refractivity contribution is 0.0474. The van der Waals surface area contributed by atoms with E-state index in [-0.39, 0.29) is 0 Å². The van der Waals surface area contributed by atoms with E-state index in [2.05, 4.69) is 46.5 Å². The molecule has 19 heavy (non-hydrogen) atoms. The van der Waals surface area contributed by atoms with Crippen molar-refractivity contribution in [3.05, 3.63) is 12.8 Å². The minimum absolute atomic E-state index is 0.681. The Morgan fingerprint density at radius 3 is 1.95 bits per heavy atom. The lowest BCUT2D eigenvalue weighted by Crippen LogP contribution is -2.15. The van der Waals surface area contributed by atoms with Gasteiger partial charge in [-0.15, -0.1) is 0 Å². The van der Waals surface area contributed by atoms with Crippen LogP contribution in [-0.4, -0.2) is 33.0 Å². The molecule has 0 unspecified atom stereocenters. The van der Waals surface area contributed by atoms with Gasteiger partial charge in [0.15, 0.2) is 0 Å². The second-order valence-corrected chi connectivity index (χ2v) is 5.65. The molecule has 0 atom stereocenters. The third-order valence-corrected chi connectivity index (χ3v) is 1.98. The summed E-state index contributed by atoms with van der Waals surface area (Å²) in [7, 11) is 0. The molecule has 0 aliphatic rings. The molecule has 1 N–H and O–H groups in total. The van der Waals surface area contributed by atoms with E-state index in [9.17, 15) is 0 Å². The lowest BCUT2D eigenvalue weighted by Gasteiger charge is -2.07. The predicted octanol–water partition coefficient (Wildman–Crippen LogP) is 3.85. The molecule has 0 aromatic carbocycles. The Labute approximate surface area is 120 Å². The largest absolute Gasteiger partial charge is 0.389 e. The van der Waals surface area contributed by atoms with Crippen LogP contribution in [0.3, 0.4) is 0 Å². The van der Waals surface area contributed by atoms with Gasteiger partial charge in [-0.05, 0) is 30.9 Å². The van der Waals surface area contributed by atoms with E-state index >= 15 is 0 Å². The average molecular weight is 273 g/mol. The van der Waals surface area contributed by atoms with Gasteiger partial charge in [0, 0.05) is 13.2 Å². The van der Waals surface area contributed by atoms with Gasteiger partial charge in [-0.2, -0.15) is 0 Å². The first-order valence-corrected chi connectivity index (χ1v) is 7.50. The summed E-state index contributed by atoms with van der Waals surface area (Å²) in [6.45, 7) is 18.3. The maximum absolute atomic E-state index is 5.43. The van der Waals surface area contributed by atoms with Gasteiger partial charge >= 0.3 is 0 Å². The van der Waals surface area contributed by atoms with Gasteiger partial charge in [0.2, 0.25) is 0 Å². The Morgan fingerprint density at radius 1 is 0.947 bits per heavy atom. The minimum atomic E-state index is 0.681. The van der Waals surface area contributed by atoms with Crippen LogP contribution in [0.1, 0.15) is 47.5 Å². The van der Waals surface area contributed by atoms with Crippen molar-refractivity contribution in [2.45, 2.75) is 47.5 Å². The summed E-state index contributed by atoms with van der Waals surface area (Å²) in [5.41, 5.74) is 0. The highest BCUT2D eigenvalue weighted by molar-refractivity contribution is 4.61. The third kappa shape index (κ3) is 31.8. The maximum atomic E-state index is 5.43. The monoisotopic (exact) mass is 273 g/mol. The van der Waals surface area contributed by atoms with E-state index in [1.54, 1.807) is 6.20 Å². The number of nitrogens with one attached hydrogen (secondary N) is 1. The second-order valence-electron chi connectivity index (χ2n) is 5.65. The van der Waals surface area contributed by atoms with Crippen molar-refractivity contribution in [1.82, 2.24) is 5.32 Å². The van der Waals surface area contributed by atoms with Crippen molar-refractivity contribution in [1.29, 1.82) is 0 Å². The molecule has 0 amide bonds. The van der Waals surface area contributed by atoms with Gasteiger partial charge in [-0.3, -0.25) is 0 Å². The van der Waals surface area contributed by atoms with Crippen LogP contribution in [0.15, 0.2) is 12.8 Å². The molecule has 0 aromatic rings. The molecule has 0 bridgehead atoms. The Kier molecular flexibility index (Phi) is 19.1. The van der Waals surface area contributed by atoms with E-state index in [1.165, 1.54) is 6.42 Å². The molecule has 0 spiro atoms. The highest BCUT2D eigenvalue weighted by atomic mass is 16.5. The number of rotatable bonds is 11. The van der Waals surface area contributed by atoms with Crippen molar-refractivity contribution >= 4 is 0 Å². The molecular formula is C16H35NO2. The van der Waals surface area contributed by atoms with E-state index in [4.69, 9.17) is 9.47 Å². The van der Waals surface area contributed by atoms with Gasteiger partial charge in [0.05, 0.1) is 19.8 Å². The summed E-state index contributed by atoms with van der Waals surface area (Å²) in [4.78, 5) is 0. The number of hydrogen-bond donors (Lipinski definition) is 1. The van der Waals surface area contributed by atoms with Gasteiger partial charge < -0.3 is 14.8 Å². The van der Waals surface area contributed by atoms with Gasteiger partial charge in [-0.1, -0.05) is 41.2 Å². The normalized spacial score (nSPS) is 10.3. The highest BCUT2D eigenvalue weighted by Crippen LogP contribution is 2.02. The highest BCUT2D eigenvalue weighted by Gasteiger charge is 1.94. The average Bonchev–Trinajstić information content (AvgIpc) is 2.30. The predicted molar refractivity (Wildman–Crippen MR) is 84.4 cm³/mol. The minimum Gasteiger partial charge on any atom is -0.389 e. The van der Waals surface area contributed by atoms with Crippen molar-refractivity contribution in [2.75, 3.05) is 33.0 Å². The Hall–Kier alpha value is -0.540. The van der Waals surface area contributed by atoms with E-state index in [0.717, 1.165) is 31.4 Å². The zero-order valence-corrected chi connectivity index (χ0v) is 13.7. The van der Waals surface area contributed by atoms with Crippen molar-refractivity contribution in [3.63, 3.8) is 0 Å². The van der Waals surface area contributed by atoms with Crippen LogP contribution in [0.2, 0.25) is 0 Å². The molecule has 0 heterocycles. The molecule has 0 aromatic heterocycles. The fourth-order valence-electron chi connectivity index (χ4n) is 1.15. The van der Waals surface area contributed by atoms with E-state index in [1.807, 2.05) is 0 Å². The first-order chi connectivity index (χ1) is 9.00. The third-order valence-electron chi connectivity index (χ3n) is 1.98. The maximum Gasteiger partial charge on any atom is 0.0701 e. The van der Waals surface area contributed by atoms with Crippen molar-refractivity contribution in [2.24, 2.45) is 11.8 Å². The lowest BCUT2D eigenvalue weighted by atomic mass is 10.1. The zero-order chi connectivity index (χ0) is 14.9. The molecule has 0 rings (SSSR count). The zero-order valence-electron chi connectivity index (χ0n) is 13.7. The van der Waals surface area contributed by atoms with Crippen LogP contribution in [0.4, 0.5) is 0 Å². The summed E-state index contributed by atoms with van der Waals surface area (Å²) in [6.07, 6.45) is 4.06. The molecule has 0 saturated heterocycles. The summed E-state index contributed by atoms with van der Waals surface area (Å²) >= 11 is 0. The van der Waals surface area contributed by atoms with Crippen molar-refractivity contribution in [3.8, 4) is 0 Å². The summed E-state index contributed by atoms with van der Waals surface area (Å²) < 4.78 is 10.8. The fraction of sp³-hybridized carbons (Fsp3) is 0.875. The molecule has 0 aliphatic heterocycles. The number of hydrogen-bond acceptors (Lipinski definition) is 3. The Bertz CT molecular complexity index is 167. The number of ether oxygens (including phenoxy) is 2. The van der Waals surface area contributed by atoms with E-state index in [0.29, 0.717) is 19.8 Å². The van der Waals surface area contributed by atoms with Gasteiger partial charge in [0.1, 0.15) is 0 Å². The second kappa shape index (κ2) is 17.5. The molecule has 0 radical (unpaired) electrons. The van der Waals surface area contributed by atoms with Crippen LogP contribution in [0, 0.1) is 11.8 Å². The van der Waals surface area contributed by atoms with Gasteiger partial charge in [-0.25, -0.2) is 0 Å². The molecule has 3 nitrogen and oxygen atoms in total. The fourth-order valence-corrected chi connectivity index (χ4v) is 1.15. The van der Waals surface area contributed by atoms with Crippen LogP contribution < -0.4 is 5.32 Å². The first-order valence-electron chi connectivity index (χ1n) is 7.50. The molecule has 116 valence electrons. The standard InChI is InChI=1S/C12H25NO2.C4H10/c1-4-13-7-9-15-11-10-14-8-5-6-12(2)3;1-4(2)3/h4,12-13H,1,5-11H2,2-3H3;4H,1-3H3. The van der Waals surface area contributed by atoms with Crippen LogP contribution >= 0.6 is 0 Å². The van der Waals surface area contributed by atoms with Crippen LogP contribution in [0.25, 0.3) is 0 Å². The smallest absolute Gasteiger partial charge is 0.0701 e. The summed E-state index contributed by atoms with van der Waals surface area (Å²) in [5.74, 6) is 1.61. The Balaban J connectivity index is 0. The van der Waals surface area contributed by atoms with Crippen LogP contribution in [-0.2, 0) is 9.47 Å². The topological polar surface area (TPSA) is 30.5 Å². The van der Waals surface area contributed by atoms with Gasteiger partial charge in [0.25, 0.3) is 0 Å². The quantitative estimate of drug-likeness (QED) is 0.580. The van der Waals surface area contributed by atoms with Crippen LogP contribution in [0.5, 0.6) is 0 Å². The molecular weight excluding hydrogens is 238 g/mol. The molecule has 0 fully saturated rings. The summed E-state index contributed by atoms with van der Waals surface area (Å²) in [6, 6.07) is 0. The SMILES string of the molecule is C=CNCCOCCOCCCC(C)C.CC(C)C. The molecule has 0 saturated carbocycles. The first kappa shape index (κ1) is 20.8. The van der Waals surface area contributed by atoms with Crippen molar-refractivity contribution < 1.29 is 9.47 Å².